The number of benzene rings is 1. The van der Waals surface area contributed by atoms with E-state index in [1.165, 1.54) is 5.56 Å². The first kappa shape index (κ1) is 20.7. The summed E-state index contributed by atoms with van der Waals surface area (Å²) in [5, 5.41) is 13.2. The number of hydrogen-bond acceptors (Lipinski definition) is 6. The van der Waals surface area contributed by atoms with Crippen molar-refractivity contribution < 1.29 is 14.3 Å². The quantitative estimate of drug-likeness (QED) is 0.586. The van der Waals surface area contributed by atoms with Crippen molar-refractivity contribution in [2.45, 2.75) is 44.1 Å². The fourth-order valence-corrected chi connectivity index (χ4v) is 4.76. The van der Waals surface area contributed by atoms with Crippen LogP contribution in [0, 0.1) is 0 Å². The molecule has 2 aliphatic rings. The van der Waals surface area contributed by atoms with E-state index >= 15 is 0 Å². The van der Waals surface area contributed by atoms with Crippen molar-refractivity contribution in [3.8, 4) is 0 Å². The second kappa shape index (κ2) is 9.12. The summed E-state index contributed by atoms with van der Waals surface area (Å²) in [4.78, 5) is 23.4. The number of carbonyl (C=O) groups is 1. The molecule has 7 nitrogen and oxygen atoms in total. The Morgan fingerprint density at radius 3 is 2.84 bits per heavy atom. The predicted molar refractivity (Wildman–Crippen MR) is 121 cm³/mol. The number of hydrogen-bond donors (Lipinski definition) is 2. The van der Waals surface area contributed by atoms with E-state index < -0.39 is 12.0 Å². The number of carboxylic acid groups (broad SMARTS) is 1. The van der Waals surface area contributed by atoms with Crippen LogP contribution in [0.1, 0.15) is 53.2 Å². The molecule has 2 aromatic heterocycles. The minimum Gasteiger partial charge on any atom is -0.480 e. The number of likely N-dealkylation sites (tertiary alicyclic amines) is 1. The molecule has 4 heterocycles. The molecule has 1 fully saturated rings. The Bertz CT molecular complexity index is 1080. The molecule has 7 heteroatoms. The summed E-state index contributed by atoms with van der Waals surface area (Å²) < 4.78 is 5.80. The Balaban J connectivity index is 1.21. The maximum atomic E-state index is 12.0. The fourth-order valence-electron chi connectivity index (χ4n) is 4.76. The van der Waals surface area contributed by atoms with E-state index in [0.29, 0.717) is 19.0 Å². The zero-order valence-electron chi connectivity index (χ0n) is 18.0. The number of carboxylic acids is 1. The standard InChI is InChI=1S/C25H28N4O3/c30-25(31)22(17-5-2-1-3-6-17)29-14-12-19(15-29)24-28-21(16-32-24)11-10-20-9-8-18-7-4-13-26-23(18)27-20/h1-3,5-6,8-9,16,19,22H,4,7,10-15H2,(H,26,27)(H,30,31)/t19?,22-/m1/s1. The number of anilines is 1. The molecule has 32 heavy (non-hydrogen) atoms. The minimum absolute atomic E-state index is 0.111. The normalized spacial score (nSPS) is 19.3. The SMILES string of the molecule is O=C(O)[C@@H](c1ccccc1)N1CCC(c2nc(CCc3ccc4c(n3)NCCC4)co2)C1. The zero-order valence-corrected chi connectivity index (χ0v) is 18.0. The van der Waals surface area contributed by atoms with Crippen molar-refractivity contribution >= 4 is 11.8 Å². The Morgan fingerprint density at radius 1 is 1.16 bits per heavy atom. The minimum atomic E-state index is -0.822. The molecule has 0 spiro atoms. The number of pyridine rings is 1. The molecule has 1 saturated heterocycles. The summed E-state index contributed by atoms with van der Waals surface area (Å²) >= 11 is 0. The topological polar surface area (TPSA) is 91.5 Å². The van der Waals surface area contributed by atoms with Gasteiger partial charge in [-0.1, -0.05) is 36.4 Å². The summed E-state index contributed by atoms with van der Waals surface area (Å²) in [5.41, 5.74) is 4.08. The van der Waals surface area contributed by atoms with Gasteiger partial charge >= 0.3 is 5.97 Å². The van der Waals surface area contributed by atoms with Gasteiger partial charge in [-0.05, 0) is 49.3 Å². The lowest BCUT2D eigenvalue weighted by molar-refractivity contribution is -0.143. The van der Waals surface area contributed by atoms with Crippen molar-refractivity contribution in [2.24, 2.45) is 0 Å². The number of rotatable bonds is 7. The molecule has 5 rings (SSSR count). The average molecular weight is 433 g/mol. The van der Waals surface area contributed by atoms with E-state index in [2.05, 4.69) is 17.4 Å². The fraction of sp³-hybridized carbons (Fsp3) is 0.400. The molecule has 0 amide bonds. The first-order valence-electron chi connectivity index (χ1n) is 11.4. The van der Waals surface area contributed by atoms with E-state index in [0.717, 1.165) is 61.4 Å². The third-order valence-corrected chi connectivity index (χ3v) is 6.44. The molecular formula is C25H28N4O3. The van der Waals surface area contributed by atoms with Crippen LogP contribution in [-0.2, 0) is 24.1 Å². The number of fused-ring (bicyclic) bond motifs is 1. The highest BCUT2D eigenvalue weighted by Gasteiger charge is 2.35. The molecule has 2 N–H and O–H groups in total. The van der Waals surface area contributed by atoms with Crippen LogP contribution in [0.2, 0.25) is 0 Å². The summed E-state index contributed by atoms with van der Waals surface area (Å²) in [6.45, 7) is 2.33. The zero-order chi connectivity index (χ0) is 21.9. The lowest BCUT2D eigenvalue weighted by Crippen LogP contribution is -2.32. The van der Waals surface area contributed by atoms with Crippen LogP contribution >= 0.6 is 0 Å². The van der Waals surface area contributed by atoms with Crippen molar-refractivity contribution in [1.29, 1.82) is 0 Å². The molecule has 3 aromatic rings. The Kier molecular flexibility index (Phi) is 5.90. The largest absolute Gasteiger partial charge is 0.480 e. The van der Waals surface area contributed by atoms with Gasteiger partial charge < -0.3 is 14.8 Å². The van der Waals surface area contributed by atoms with Crippen molar-refractivity contribution in [3.63, 3.8) is 0 Å². The van der Waals surface area contributed by atoms with Gasteiger partial charge in [0.25, 0.3) is 0 Å². The molecule has 1 unspecified atom stereocenters. The van der Waals surface area contributed by atoms with Crippen molar-refractivity contribution in [1.82, 2.24) is 14.9 Å². The van der Waals surface area contributed by atoms with Crippen LogP contribution in [-0.4, -0.2) is 45.6 Å². The van der Waals surface area contributed by atoms with Crippen LogP contribution in [0.5, 0.6) is 0 Å². The van der Waals surface area contributed by atoms with Crippen LogP contribution in [0.3, 0.4) is 0 Å². The number of nitrogens with zero attached hydrogens (tertiary/aromatic N) is 3. The van der Waals surface area contributed by atoms with E-state index in [4.69, 9.17) is 14.4 Å². The smallest absolute Gasteiger partial charge is 0.325 e. The molecule has 0 saturated carbocycles. The molecular weight excluding hydrogens is 404 g/mol. The Labute approximate surface area is 187 Å². The number of oxazole rings is 1. The highest BCUT2D eigenvalue weighted by Crippen LogP contribution is 2.33. The van der Waals surface area contributed by atoms with E-state index in [-0.39, 0.29) is 5.92 Å². The summed E-state index contributed by atoms with van der Waals surface area (Å²) in [6, 6.07) is 13.1. The second-order valence-electron chi connectivity index (χ2n) is 8.65. The van der Waals surface area contributed by atoms with Gasteiger partial charge in [-0.25, -0.2) is 9.97 Å². The molecule has 1 aromatic carbocycles. The number of aliphatic carboxylic acids is 1. The summed E-state index contributed by atoms with van der Waals surface area (Å²) in [5.74, 6) is 1.02. The maximum absolute atomic E-state index is 12.0. The average Bonchev–Trinajstić information content (AvgIpc) is 3.48. The monoisotopic (exact) mass is 432 g/mol. The number of aromatic nitrogens is 2. The number of aryl methyl sites for hydroxylation is 3. The molecule has 2 aliphatic heterocycles. The molecule has 0 radical (unpaired) electrons. The Hall–Kier alpha value is -3.19. The van der Waals surface area contributed by atoms with E-state index in [1.54, 1.807) is 6.26 Å². The van der Waals surface area contributed by atoms with Crippen molar-refractivity contribution in [2.75, 3.05) is 25.0 Å². The first-order valence-corrected chi connectivity index (χ1v) is 11.4. The van der Waals surface area contributed by atoms with Gasteiger partial charge in [0, 0.05) is 31.2 Å². The van der Waals surface area contributed by atoms with Crippen LogP contribution in [0.4, 0.5) is 5.82 Å². The third-order valence-electron chi connectivity index (χ3n) is 6.44. The van der Waals surface area contributed by atoms with Crippen molar-refractivity contribution in [3.05, 3.63) is 77.1 Å². The third kappa shape index (κ3) is 4.39. The predicted octanol–water partition coefficient (Wildman–Crippen LogP) is 3.83. The van der Waals surface area contributed by atoms with Gasteiger partial charge in [-0.2, -0.15) is 0 Å². The summed E-state index contributed by atoms with van der Waals surface area (Å²) in [7, 11) is 0. The van der Waals surface area contributed by atoms with Gasteiger partial charge in [0.1, 0.15) is 18.1 Å². The molecule has 166 valence electrons. The second-order valence-corrected chi connectivity index (χ2v) is 8.65. The maximum Gasteiger partial charge on any atom is 0.325 e. The molecule has 2 atom stereocenters. The summed E-state index contributed by atoms with van der Waals surface area (Å²) in [6.07, 6.45) is 6.41. The molecule has 0 bridgehead atoms. The van der Waals surface area contributed by atoms with Gasteiger partial charge in [-0.15, -0.1) is 0 Å². The highest BCUT2D eigenvalue weighted by molar-refractivity contribution is 5.75. The van der Waals surface area contributed by atoms with Gasteiger partial charge in [-0.3, -0.25) is 9.69 Å². The van der Waals surface area contributed by atoms with Gasteiger partial charge in [0.05, 0.1) is 5.69 Å². The first-order chi connectivity index (χ1) is 15.7. The Morgan fingerprint density at radius 2 is 2.00 bits per heavy atom. The highest BCUT2D eigenvalue weighted by atomic mass is 16.4. The van der Waals surface area contributed by atoms with Crippen LogP contribution in [0.15, 0.2) is 53.1 Å². The van der Waals surface area contributed by atoms with Crippen LogP contribution < -0.4 is 5.32 Å². The van der Waals surface area contributed by atoms with E-state index in [9.17, 15) is 9.90 Å². The molecule has 0 aliphatic carbocycles. The number of nitrogens with one attached hydrogen (secondary N) is 1. The van der Waals surface area contributed by atoms with Gasteiger partial charge in [0.2, 0.25) is 0 Å². The van der Waals surface area contributed by atoms with Crippen LogP contribution in [0.25, 0.3) is 0 Å². The lowest BCUT2D eigenvalue weighted by atomic mass is 10.1. The lowest BCUT2D eigenvalue weighted by Gasteiger charge is -2.24. The van der Waals surface area contributed by atoms with E-state index in [1.807, 2.05) is 35.2 Å². The van der Waals surface area contributed by atoms with Gasteiger partial charge in [0.15, 0.2) is 5.89 Å².